The Bertz CT molecular complexity index is 1060. The van der Waals surface area contributed by atoms with Crippen molar-refractivity contribution in [3.8, 4) is 5.75 Å². The number of nitrogens with one attached hydrogen (secondary N) is 1. The van der Waals surface area contributed by atoms with Gasteiger partial charge in [0.15, 0.2) is 6.61 Å². The molecule has 2 aliphatic heterocycles. The summed E-state index contributed by atoms with van der Waals surface area (Å²) in [5.41, 5.74) is 1.81. The lowest BCUT2D eigenvalue weighted by atomic mass is 10.1. The van der Waals surface area contributed by atoms with E-state index in [1.165, 1.54) is 17.0 Å². The van der Waals surface area contributed by atoms with Crippen LogP contribution in [-0.2, 0) is 16.1 Å². The highest BCUT2D eigenvalue weighted by Crippen LogP contribution is 2.36. The van der Waals surface area contributed by atoms with E-state index in [-0.39, 0.29) is 29.0 Å². The van der Waals surface area contributed by atoms with Gasteiger partial charge >= 0.3 is 0 Å². The second kappa shape index (κ2) is 7.29. The van der Waals surface area contributed by atoms with Gasteiger partial charge in [0.05, 0.1) is 22.2 Å². The molecule has 0 aromatic heterocycles. The van der Waals surface area contributed by atoms with E-state index in [4.69, 9.17) is 16.3 Å². The Kier molecular flexibility index (Phi) is 4.82. The molecule has 9 heteroatoms. The minimum atomic E-state index is -0.532. The van der Waals surface area contributed by atoms with Crippen LogP contribution in [0.4, 0.5) is 14.9 Å². The molecule has 2 aromatic carbocycles. The number of halogens is 2. The Morgan fingerprint density at radius 3 is 2.75 bits per heavy atom. The summed E-state index contributed by atoms with van der Waals surface area (Å²) >= 11 is 6.65. The van der Waals surface area contributed by atoms with E-state index in [1.54, 1.807) is 30.3 Å². The molecule has 0 saturated carbocycles. The number of rotatable bonds is 3. The van der Waals surface area contributed by atoms with E-state index in [0.717, 1.165) is 11.8 Å². The number of fused-ring (bicyclic) bond motifs is 1. The Morgan fingerprint density at radius 1 is 1.21 bits per heavy atom. The maximum absolute atomic E-state index is 13.4. The van der Waals surface area contributed by atoms with Crippen LogP contribution in [-0.4, -0.2) is 23.7 Å². The molecule has 1 N–H and O–H groups in total. The van der Waals surface area contributed by atoms with Gasteiger partial charge in [-0.15, -0.1) is 0 Å². The Morgan fingerprint density at radius 2 is 2.04 bits per heavy atom. The van der Waals surface area contributed by atoms with Crippen LogP contribution in [0.3, 0.4) is 0 Å². The maximum Gasteiger partial charge on any atom is 0.290 e. The second-order valence-corrected chi connectivity index (χ2v) is 7.52. The first kappa shape index (κ1) is 18.5. The number of carbonyl (C=O) groups excluding carboxylic acids is 3. The number of ether oxygens (including phenoxy) is 1. The van der Waals surface area contributed by atoms with Gasteiger partial charge in [-0.2, -0.15) is 0 Å². The standard InChI is InChI=1S/C19H12ClFN2O4S/c20-12-5-11(1-3-13(12)21)8-23-14-6-10(2-4-15(14)27-9-17(23)24)7-16-18(25)22-19(26)28-16/h1-7H,8-9H2,(H,22,25,26)/b16-7+. The molecule has 2 aromatic rings. The van der Waals surface area contributed by atoms with Gasteiger partial charge in [0.1, 0.15) is 11.6 Å². The second-order valence-electron chi connectivity index (χ2n) is 6.10. The molecule has 2 aliphatic rings. The van der Waals surface area contributed by atoms with Crippen molar-refractivity contribution in [3.05, 3.63) is 63.3 Å². The normalized spacial score (nSPS) is 17.6. The average molecular weight is 419 g/mol. The van der Waals surface area contributed by atoms with Gasteiger partial charge in [-0.25, -0.2) is 4.39 Å². The summed E-state index contributed by atoms with van der Waals surface area (Å²) in [5.74, 6) is -0.747. The van der Waals surface area contributed by atoms with Gasteiger partial charge in [0.2, 0.25) is 0 Å². The first-order valence-electron chi connectivity index (χ1n) is 8.17. The van der Waals surface area contributed by atoms with Gasteiger partial charge in [0.25, 0.3) is 17.1 Å². The van der Waals surface area contributed by atoms with Crippen molar-refractivity contribution in [2.75, 3.05) is 11.5 Å². The van der Waals surface area contributed by atoms with Crippen molar-refractivity contribution in [3.63, 3.8) is 0 Å². The number of amides is 3. The van der Waals surface area contributed by atoms with Crippen LogP contribution in [0.1, 0.15) is 11.1 Å². The lowest BCUT2D eigenvalue weighted by molar-refractivity contribution is -0.121. The zero-order valence-corrected chi connectivity index (χ0v) is 15.8. The molecule has 2 heterocycles. The summed E-state index contributed by atoms with van der Waals surface area (Å²) in [4.78, 5) is 37.3. The van der Waals surface area contributed by atoms with E-state index < -0.39 is 17.0 Å². The van der Waals surface area contributed by atoms with E-state index in [2.05, 4.69) is 5.32 Å². The van der Waals surface area contributed by atoms with Crippen molar-refractivity contribution in [2.24, 2.45) is 0 Å². The molecule has 0 bridgehead atoms. The zero-order chi connectivity index (χ0) is 19.8. The predicted octanol–water partition coefficient (Wildman–Crippen LogP) is 3.73. The summed E-state index contributed by atoms with van der Waals surface area (Å²) in [6.45, 7) is 0.0675. The highest BCUT2D eigenvalue weighted by atomic mass is 35.5. The van der Waals surface area contributed by atoms with Crippen LogP contribution in [0, 0.1) is 5.82 Å². The van der Waals surface area contributed by atoms with E-state index in [9.17, 15) is 18.8 Å². The van der Waals surface area contributed by atoms with Crippen LogP contribution in [0.5, 0.6) is 5.75 Å². The molecule has 0 unspecified atom stereocenters. The molecular weight excluding hydrogens is 407 g/mol. The number of hydrogen-bond acceptors (Lipinski definition) is 5. The van der Waals surface area contributed by atoms with Crippen molar-refractivity contribution in [1.29, 1.82) is 0 Å². The number of carbonyl (C=O) groups is 3. The van der Waals surface area contributed by atoms with Gasteiger partial charge in [0, 0.05) is 0 Å². The number of benzene rings is 2. The monoisotopic (exact) mass is 418 g/mol. The van der Waals surface area contributed by atoms with Gasteiger partial charge in [-0.3, -0.25) is 19.7 Å². The van der Waals surface area contributed by atoms with Crippen LogP contribution in [0.2, 0.25) is 5.02 Å². The SMILES string of the molecule is O=C1NC(=O)/C(=C\c2ccc3c(c2)N(Cc2ccc(F)c(Cl)c2)C(=O)CO3)S1. The van der Waals surface area contributed by atoms with Crippen molar-refractivity contribution < 1.29 is 23.5 Å². The highest BCUT2D eigenvalue weighted by molar-refractivity contribution is 8.18. The third-order valence-electron chi connectivity index (χ3n) is 4.19. The van der Waals surface area contributed by atoms with Crippen LogP contribution in [0.25, 0.3) is 6.08 Å². The molecule has 0 aliphatic carbocycles. The fourth-order valence-corrected chi connectivity index (χ4v) is 3.76. The summed E-state index contributed by atoms with van der Waals surface area (Å²) < 4.78 is 18.9. The van der Waals surface area contributed by atoms with Crippen molar-refractivity contribution >= 4 is 52.2 Å². The maximum atomic E-state index is 13.4. The molecule has 0 atom stereocenters. The molecule has 4 rings (SSSR count). The van der Waals surface area contributed by atoms with E-state index in [0.29, 0.717) is 22.6 Å². The number of anilines is 1. The summed E-state index contributed by atoms with van der Waals surface area (Å²) in [6.07, 6.45) is 1.57. The van der Waals surface area contributed by atoms with Crippen LogP contribution < -0.4 is 15.0 Å². The lowest BCUT2D eigenvalue weighted by Gasteiger charge is -2.30. The highest BCUT2D eigenvalue weighted by Gasteiger charge is 2.28. The van der Waals surface area contributed by atoms with Crippen LogP contribution in [0.15, 0.2) is 41.3 Å². The predicted molar refractivity (Wildman–Crippen MR) is 104 cm³/mol. The third kappa shape index (κ3) is 3.61. The van der Waals surface area contributed by atoms with Crippen molar-refractivity contribution in [2.45, 2.75) is 6.54 Å². The summed E-state index contributed by atoms with van der Waals surface area (Å²) in [6, 6.07) is 9.39. The average Bonchev–Trinajstić information content (AvgIpc) is 2.97. The molecule has 6 nitrogen and oxygen atoms in total. The number of nitrogens with zero attached hydrogens (tertiary/aromatic N) is 1. The minimum absolute atomic E-state index is 0.0224. The van der Waals surface area contributed by atoms with Gasteiger partial charge < -0.3 is 9.64 Å². The Labute approximate surface area is 168 Å². The Hall–Kier alpha value is -2.84. The fourth-order valence-electron chi connectivity index (χ4n) is 2.88. The summed E-state index contributed by atoms with van der Waals surface area (Å²) in [5, 5.41) is 1.74. The van der Waals surface area contributed by atoms with Gasteiger partial charge in [-0.1, -0.05) is 23.7 Å². The molecule has 28 heavy (non-hydrogen) atoms. The quantitative estimate of drug-likeness (QED) is 0.769. The number of hydrogen-bond donors (Lipinski definition) is 1. The lowest BCUT2D eigenvalue weighted by Crippen LogP contribution is -2.38. The number of thioether (sulfide) groups is 1. The molecule has 0 radical (unpaired) electrons. The van der Waals surface area contributed by atoms with Crippen LogP contribution >= 0.6 is 23.4 Å². The van der Waals surface area contributed by atoms with Gasteiger partial charge in [-0.05, 0) is 53.2 Å². The molecule has 0 spiro atoms. The largest absolute Gasteiger partial charge is 0.482 e. The molecular formula is C19H12ClFN2O4S. The fraction of sp³-hybridized carbons (Fsp3) is 0.105. The smallest absolute Gasteiger partial charge is 0.290 e. The molecule has 3 amide bonds. The Balaban J connectivity index is 1.68. The van der Waals surface area contributed by atoms with Crippen molar-refractivity contribution in [1.82, 2.24) is 5.32 Å². The molecule has 142 valence electrons. The first-order chi connectivity index (χ1) is 13.4. The third-order valence-corrected chi connectivity index (χ3v) is 5.29. The topological polar surface area (TPSA) is 75.7 Å². The number of imide groups is 1. The first-order valence-corrected chi connectivity index (χ1v) is 9.36. The minimum Gasteiger partial charge on any atom is -0.482 e. The molecule has 1 fully saturated rings. The molecule has 1 saturated heterocycles. The summed E-state index contributed by atoms with van der Waals surface area (Å²) in [7, 11) is 0. The van der Waals surface area contributed by atoms with E-state index >= 15 is 0 Å². The van der Waals surface area contributed by atoms with E-state index in [1.807, 2.05) is 0 Å². The zero-order valence-electron chi connectivity index (χ0n) is 14.2.